The minimum atomic E-state index is -3.71. The van der Waals surface area contributed by atoms with Crippen molar-refractivity contribution in [2.45, 2.75) is 18.4 Å². The monoisotopic (exact) mass is 460 g/mol. The molecule has 0 aliphatic heterocycles. The van der Waals surface area contributed by atoms with Crippen LogP contribution in [-0.4, -0.2) is 32.7 Å². The lowest BCUT2D eigenvalue weighted by Gasteiger charge is -2.09. The van der Waals surface area contributed by atoms with E-state index < -0.39 is 10.0 Å². The number of aryl methyl sites for hydroxylation is 1. The molecule has 8 nitrogen and oxygen atoms in total. The third-order valence-corrected chi connectivity index (χ3v) is 6.92. The van der Waals surface area contributed by atoms with Crippen molar-refractivity contribution >= 4 is 20.9 Å². The number of ether oxygens (including phenoxy) is 1. The van der Waals surface area contributed by atoms with Gasteiger partial charge in [-0.05, 0) is 55.5 Å². The molecule has 2 N–H and O–H groups in total. The van der Waals surface area contributed by atoms with Gasteiger partial charge < -0.3 is 9.84 Å². The number of aliphatic hydroxyl groups is 1. The second-order valence-corrected chi connectivity index (χ2v) is 9.36. The maximum Gasteiger partial charge on any atom is 0.268 e. The van der Waals surface area contributed by atoms with E-state index in [0.717, 1.165) is 16.5 Å². The molecule has 0 bridgehead atoms. The number of nitrogens with zero attached hydrogens (tertiary/aromatic N) is 3. The van der Waals surface area contributed by atoms with E-state index >= 15 is 0 Å². The quantitative estimate of drug-likeness (QED) is 0.392. The number of hydrogen-bond donors (Lipinski definition) is 2. The summed E-state index contributed by atoms with van der Waals surface area (Å²) in [5.74, 6) is 1.98. The van der Waals surface area contributed by atoms with Crippen molar-refractivity contribution in [3.05, 3.63) is 90.4 Å². The summed E-state index contributed by atoms with van der Waals surface area (Å²) < 4.78 is 33.5. The zero-order valence-electron chi connectivity index (χ0n) is 17.6. The normalized spacial score (nSPS) is 11.7. The Morgan fingerprint density at radius 1 is 1.00 bits per heavy atom. The van der Waals surface area contributed by atoms with Gasteiger partial charge in [-0.3, -0.25) is 5.10 Å². The number of benzene rings is 3. The van der Waals surface area contributed by atoms with Crippen LogP contribution in [0.4, 0.5) is 0 Å². The lowest BCUT2D eigenvalue weighted by atomic mass is 10.2. The first-order chi connectivity index (χ1) is 15.9. The van der Waals surface area contributed by atoms with Crippen LogP contribution >= 0.6 is 0 Å². The fraction of sp³-hybridized carbons (Fsp3) is 0.0833. The maximum absolute atomic E-state index is 13.1. The Morgan fingerprint density at radius 2 is 1.79 bits per heavy atom. The lowest BCUT2D eigenvalue weighted by Crippen LogP contribution is -2.11. The van der Waals surface area contributed by atoms with Crippen LogP contribution < -0.4 is 4.74 Å². The fourth-order valence-corrected chi connectivity index (χ4v) is 4.88. The van der Waals surface area contributed by atoms with E-state index in [0.29, 0.717) is 28.7 Å². The van der Waals surface area contributed by atoms with Gasteiger partial charge in [-0.15, -0.1) is 0 Å². The van der Waals surface area contributed by atoms with Gasteiger partial charge in [-0.2, -0.15) is 5.10 Å². The number of nitrogens with one attached hydrogen (secondary N) is 1. The van der Waals surface area contributed by atoms with Gasteiger partial charge in [0.15, 0.2) is 11.6 Å². The average molecular weight is 461 g/mol. The number of aromatic nitrogens is 4. The van der Waals surface area contributed by atoms with Gasteiger partial charge in [0.25, 0.3) is 10.0 Å². The zero-order chi connectivity index (χ0) is 23.0. The summed E-state index contributed by atoms with van der Waals surface area (Å²) in [5.41, 5.74) is 2.29. The topological polar surface area (TPSA) is 110 Å². The molecule has 33 heavy (non-hydrogen) atoms. The van der Waals surface area contributed by atoms with Crippen molar-refractivity contribution in [3.8, 4) is 22.9 Å². The molecule has 0 fully saturated rings. The van der Waals surface area contributed by atoms with Gasteiger partial charge in [0, 0.05) is 17.1 Å². The first kappa shape index (κ1) is 20.9. The molecule has 0 atom stereocenters. The minimum absolute atomic E-state index is 0.220. The second kappa shape index (κ2) is 8.19. The van der Waals surface area contributed by atoms with Crippen LogP contribution in [0, 0.1) is 6.92 Å². The molecule has 0 aliphatic rings. The smallest absolute Gasteiger partial charge is 0.268 e. The molecule has 5 aromatic rings. The van der Waals surface area contributed by atoms with Gasteiger partial charge >= 0.3 is 0 Å². The molecule has 0 aliphatic carbocycles. The SMILES string of the molecule is Cc1ccc(S(=O)(=O)n2ccc3cc(Oc4cccc(-c5n[nH]c(CO)n5)c4)ccc32)cc1. The summed E-state index contributed by atoms with van der Waals surface area (Å²) >= 11 is 0. The number of aromatic amines is 1. The highest BCUT2D eigenvalue weighted by molar-refractivity contribution is 7.90. The van der Waals surface area contributed by atoms with Crippen LogP contribution in [-0.2, 0) is 16.6 Å². The Balaban J connectivity index is 1.43. The molecule has 0 unspecified atom stereocenters. The van der Waals surface area contributed by atoms with Crippen molar-refractivity contribution in [2.75, 3.05) is 0 Å². The zero-order valence-corrected chi connectivity index (χ0v) is 18.5. The molecule has 2 heterocycles. The molecule has 0 saturated heterocycles. The van der Waals surface area contributed by atoms with Crippen LogP contribution in [0.25, 0.3) is 22.3 Å². The molecule has 2 aromatic heterocycles. The molecule has 0 radical (unpaired) electrons. The van der Waals surface area contributed by atoms with E-state index in [4.69, 9.17) is 9.84 Å². The molecule has 9 heteroatoms. The Hall–Kier alpha value is -3.95. The predicted molar refractivity (Wildman–Crippen MR) is 124 cm³/mol. The molecule has 166 valence electrons. The average Bonchev–Trinajstić information content (AvgIpc) is 3.47. The fourth-order valence-electron chi connectivity index (χ4n) is 3.52. The van der Waals surface area contributed by atoms with Crippen molar-refractivity contribution in [2.24, 2.45) is 0 Å². The Morgan fingerprint density at radius 3 is 2.55 bits per heavy atom. The van der Waals surface area contributed by atoms with Crippen molar-refractivity contribution in [1.29, 1.82) is 0 Å². The first-order valence-electron chi connectivity index (χ1n) is 10.2. The molecule has 0 spiro atoms. The van der Waals surface area contributed by atoms with Gasteiger partial charge in [0.05, 0.1) is 10.4 Å². The highest BCUT2D eigenvalue weighted by Gasteiger charge is 2.19. The van der Waals surface area contributed by atoms with Crippen LogP contribution in [0.1, 0.15) is 11.4 Å². The summed E-state index contributed by atoms with van der Waals surface area (Å²) in [6.45, 7) is 1.69. The Labute approximate surface area is 190 Å². The molecular formula is C24H20N4O4S. The van der Waals surface area contributed by atoms with E-state index in [1.54, 1.807) is 66.9 Å². The summed E-state index contributed by atoms with van der Waals surface area (Å²) in [5, 5.41) is 16.7. The second-order valence-electron chi connectivity index (χ2n) is 7.54. The number of fused-ring (bicyclic) bond motifs is 1. The molecule has 5 rings (SSSR count). The van der Waals surface area contributed by atoms with Crippen molar-refractivity contribution in [1.82, 2.24) is 19.2 Å². The molecule has 0 saturated carbocycles. The summed E-state index contributed by atoms with van der Waals surface area (Å²) in [4.78, 5) is 4.45. The number of H-pyrrole nitrogens is 1. The number of rotatable bonds is 6. The van der Waals surface area contributed by atoms with E-state index in [9.17, 15) is 8.42 Å². The van der Waals surface area contributed by atoms with Gasteiger partial charge in [-0.25, -0.2) is 17.4 Å². The largest absolute Gasteiger partial charge is 0.457 e. The van der Waals surface area contributed by atoms with Crippen molar-refractivity contribution < 1.29 is 18.3 Å². The first-order valence-corrected chi connectivity index (χ1v) is 11.6. The maximum atomic E-state index is 13.1. The summed E-state index contributed by atoms with van der Waals surface area (Å²) in [7, 11) is -3.71. The van der Waals surface area contributed by atoms with E-state index in [1.165, 1.54) is 3.97 Å². The number of aliphatic hydroxyl groups excluding tert-OH is 1. The minimum Gasteiger partial charge on any atom is -0.457 e. The van der Waals surface area contributed by atoms with Gasteiger partial charge in [-0.1, -0.05) is 29.8 Å². The molecule has 3 aromatic carbocycles. The third-order valence-electron chi connectivity index (χ3n) is 5.21. The highest BCUT2D eigenvalue weighted by Crippen LogP contribution is 2.30. The van der Waals surface area contributed by atoms with E-state index in [2.05, 4.69) is 15.2 Å². The van der Waals surface area contributed by atoms with Crippen LogP contribution in [0.15, 0.2) is 83.9 Å². The summed E-state index contributed by atoms with van der Waals surface area (Å²) in [6.07, 6.45) is 1.55. The van der Waals surface area contributed by atoms with E-state index in [1.807, 2.05) is 19.1 Å². The summed E-state index contributed by atoms with van der Waals surface area (Å²) in [6, 6.07) is 21.0. The van der Waals surface area contributed by atoms with Crippen LogP contribution in [0.5, 0.6) is 11.5 Å². The lowest BCUT2D eigenvalue weighted by molar-refractivity contribution is 0.272. The Bertz CT molecular complexity index is 1550. The van der Waals surface area contributed by atoms with Crippen LogP contribution in [0.2, 0.25) is 0 Å². The number of hydrogen-bond acceptors (Lipinski definition) is 6. The van der Waals surface area contributed by atoms with Crippen LogP contribution in [0.3, 0.4) is 0 Å². The predicted octanol–water partition coefficient (Wildman–Crippen LogP) is 4.26. The standard InChI is InChI=1S/C24H20N4O4S/c1-16-5-8-21(9-6-16)33(30,31)28-12-11-17-13-20(7-10-22(17)28)32-19-4-2-3-18(14-19)24-25-23(15-29)26-27-24/h2-14,29H,15H2,1H3,(H,25,26,27). The highest BCUT2D eigenvalue weighted by atomic mass is 32.2. The van der Waals surface area contributed by atoms with Gasteiger partial charge in [0.1, 0.15) is 18.1 Å². The third kappa shape index (κ3) is 3.99. The van der Waals surface area contributed by atoms with Gasteiger partial charge in [0.2, 0.25) is 0 Å². The molecule has 0 amide bonds. The van der Waals surface area contributed by atoms with E-state index in [-0.39, 0.29) is 11.5 Å². The Kier molecular flexibility index (Phi) is 5.20. The molecular weight excluding hydrogens is 440 g/mol. The van der Waals surface area contributed by atoms with Crippen molar-refractivity contribution in [3.63, 3.8) is 0 Å².